The van der Waals surface area contributed by atoms with Gasteiger partial charge in [-0.3, -0.25) is 0 Å². The fourth-order valence-electron chi connectivity index (χ4n) is 2.03. The van der Waals surface area contributed by atoms with Crippen molar-refractivity contribution >= 4 is 0 Å². The van der Waals surface area contributed by atoms with Crippen molar-refractivity contribution in [1.29, 1.82) is 0 Å². The second-order valence-corrected chi connectivity index (χ2v) is 5.45. The average Bonchev–Trinajstić information content (AvgIpc) is 2.52. The predicted molar refractivity (Wildman–Crippen MR) is 88.3 cm³/mol. The topological polar surface area (TPSA) is 57.2 Å². The monoisotopic (exact) mass is 320 g/mol. The molecule has 0 aliphatic carbocycles. The molecule has 0 bridgehead atoms. The Morgan fingerprint density at radius 1 is 0.727 bits per heavy atom. The van der Waals surface area contributed by atoms with Gasteiger partial charge in [0.05, 0.1) is 59.0 Å². The summed E-state index contributed by atoms with van der Waals surface area (Å²) in [6.45, 7) is 8.25. The summed E-state index contributed by atoms with van der Waals surface area (Å²) in [5.74, 6) is 0. The van der Waals surface area contributed by atoms with Gasteiger partial charge in [-0.05, 0) is 13.3 Å². The van der Waals surface area contributed by atoms with Gasteiger partial charge in [-0.1, -0.05) is 39.0 Å². The van der Waals surface area contributed by atoms with Crippen molar-refractivity contribution in [3.05, 3.63) is 0 Å². The van der Waals surface area contributed by atoms with Crippen molar-refractivity contribution in [3.8, 4) is 0 Å². The highest BCUT2D eigenvalue weighted by atomic mass is 16.6. The van der Waals surface area contributed by atoms with Crippen LogP contribution in [0, 0.1) is 0 Å². The Morgan fingerprint density at radius 2 is 1.27 bits per heavy atom. The van der Waals surface area contributed by atoms with Crippen LogP contribution in [0.25, 0.3) is 0 Å². The van der Waals surface area contributed by atoms with E-state index >= 15 is 0 Å². The van der Waals surface area contributed by atoms with Crippen LogP contribution in [0.15, 0.2) is 0 Å². The van der Waals surface area contributed by atoms with E-state index in [1.165, 1.54) is 32.1 Å². The Balaban J connectivity index is 3.09. The van der Waals surface area contributed by atoms with Crippen LogP contribution in [0.4, 0.5) is 0 Å². The summed E-state index contributed by atoms with van der Waals surface area (Å²) in [5.41, 5.74) is 0. The summed E-state index contributed by atoms with van der Waals surface area (Å²) in [6, 6.07) is 0. The highest BCUT2D eigenvalue weighted by Crippen LogP contribution is 2.08. The molecule has 0 saturated carbocycles. The Bertz CT molecular complexity index is 201. The van der Waals surface area contributed by atoms with E-state index in [0.29, 0.717) is 52.4 Å². The summed E-state index contributed by atoms with van der Waals surface area (Å²) >= 11 is 0. The molecule has 22 heavy (non-hydrogen) atoms. The molecule has 0 rings (SSSR count). The summed E-state index contributed by atoms with van der Waals surface area (Å²) in [4.78, 5) is 0. The van der Waals surface area contributed by atoms with Gasteiger partial charge in [0.1, 0.15) is 0 Å². The predicted octanol–water partition coefficient (Wildman–Crippen LogP) is 2.79. The third kappa shape index (κ3) is 17.9. The summed E-state index contributed by atoms with van der Waals surface area (Å²) in [5, 5.41) is 8.51. The van der Waals surface area contributed by atoms with E-state index in [1.807, 2.05) is 0 Å². The second kappa shape index (κ2) is 18.8. The van der Waals surface area contributed by atoms with Gasteiger partial charge in [-0.2, -0.15) is 0 Å². The highest BCUT2D eigenvalue weighted by Gasteiger charge is 2.01. The van der Waals surface area contributed by atoms with Crippen LogP contribution in [-0.4, -0.2) is 64.1 Å². The van der Waals surface area contributed by atoms with E-state index in [2.05, 4.69) is 13.8 Å². The summed E-state index contributed by atoms with van der Waals surface area (Å²) in [6.07, 6.45) is 8.02. The highest BCUT2D eigenvalue weighted by molar-refractivity contribution is 4.52. The van der Waals surface area contributed by atoms with Gasteiger partial charge in [-0.15, -0.1) is 0 Å². The van der Waals surface area contributed by atoms with E-state index in [-0.39, 0.29) is 6.61 Å². The lowest BCUT2D eigenvalue weighted by Crippen LogP contribution is -2.15. The van der Waals surface area contributed by atoms with Crippen LogP contribution in [0.3, 0.4) is 0 Å². The number of hydrogen-bond donors (Lipinski definition) is 1. The molecule has 1 N–H and O–H groups in total. The minimum atomic E-state index is 0.0558. The molecule has 134 valence electrons. The number of aliphatic hydroxyl groups excluding tert-OH is 1. The summed E-state index contributed by atoms with van der Waals surface area (Å²) in [7, 11) is 0. The fraction of sp³-hybridized carbons (Fsp3) is 1.00. The van der Waals surface area contributed by atoms with E-state index in [1.54, 1.807) is 0 Å². The zero-order valence-corrected chi connectivity index (χ0v) is 14.6. The third-order valence-electron chi connectivity index (χ3n) is 3.32. The maximum Gasteiger partial charge on any atom is 0.0704 e. The number of rotatable bonds is 18. The molecule has 0 amide bonds. The van der Waals surface area contributed by atoms with Gasteiger partial charge in [0.25, 0.3) is 0 Å². The van der Waals surface area contributed by atoms with Crippen molar-refractivity contribution in [2.75, 3.05) is 52.9 Å². The quantitative estimate of drug-likeness (QED) is 0.394. The third-order valence-corrected chi connectivity index (χ3v) is 3.32. The standard InChI is InChI=1S/C17H36O5/c1-3-4-5-6-7-8-17(2)22-16-15-21-14-13-20-12-11-19-10-9-18/h17-18H,3-16H2,1-2H3. The van der Waals surface area contributed by atoms with Gasteiger partial charge >= 0.3 is 0 Å². The van der Waals surface area contributed by atoms with Crippen molar-refractivity contribution < 1.29 is 24.1 Å². The molecule has 0 aromatic heterocycles. The Hall–Kier alpha value is -0.200. The van der Waals surface area contributed by atoms with Crippen LogP contribution in [0.5, 0.6) is 0 Å². The normalized spacial score (nSPS) is 12.7. The van der Waals surface area contributed by atoms with Crippen molar-refractivity contribution in [2.24, 2.45) is 0 Å². The lowest BCUT2D eigenvalue weighted by atomic mass is 10.1. The first-order valence-electron chi connectivity index (χ1n) is 8.77. The molecule has 5 heteroatoms. The smallest absolute Gasteiger partial charge is 0.0704 e. The molecule has 0 fully saturated rings. The molecule has 0 spiro atoms. The van der Waals surface area contributed by atoms with Crippen LogP contribution < -0.4 is 0 Å². The van der Waals surface area contributed by atoms with Crippen molar-refractivity contribution in [1.82, 2.24) is 0 Å². The molecule has 0 aliphatic heterocycles. The maximum atomic E-state index is 8.51. The first-order chi connectivity index (χ1) is 10.8. The molecule has 0 aromatic rings. The van der Waals surface area contributed by atoms with E-state index in [9.17, 15) is 0 Å². The number of ether oxygens (including phenoxy) is 4. The van der Waals surface area contributed by atoms with Gasteiger partial charge < -0.3 is 24.1 Å². The molecule has 0 aromatic carbocycles. The number of unbranched alkanes of at least 4 members (excludes halogenated alkanes) is 4. The first-order valence-corrected chi connectivity index (χ1v) is 8.77. The van der Waals surface area contributed by atoms with Crippen molar-refractivity contribution in [2.45, 2.75) is 58.5 Å². The van der Waals surface area contributed by atoms with E-state index in [4.69, 9.17) is 24.1 Å². The largest absolute Gasteiger partial charge is 0.394 e. The molecule has 0 aliphatic rings. The molecular weight excluding hydrogens is 284 g/mol. The van der Waals surface area contributed by atoms with E-state index in [0.717, 1.165) is 6.42 Å². The van der Waals surface area contributed by atoms with Gasteiger partial charge in [-0.25, -0.2) is 0 Å². The SMILES string of the molecule is CCCCCCCC(C)OCCOCCOCCOCCO. The lowest BCUT2D eigenvalue weighted by Gasteiger charge is -2.13. The van der Waals surface area contributed by atoms with Gasteiger partial charge in [0.2, 0.25) is 0 Å². The molecule has 1 unspecified atom stereocenters. The van der Waals surface area contributed by atoms with Crippen molar-refractivity contribution in [3.63, 3.8) is 0 Å². The fourth-order valence-corrected chi connectivity index (χ4v) is 2.03. The molecule has 0 radical (unpaired) electrons. The average molecular weight is 320 g/mol. The second-order valence-electron chi connectivity index (χ2n) is 5.45. The molecule has 0 heterocycles. The Labute approximate surface area is 136 Å². The lowest BCUT2D eigenvalue weighted by molar-refractivity contribution is -0.0185. The Morgan fingerprint density at radius 3 is 1.86 bits per heavy atom. The number of aliphatic hydroxyl groups is 1. The maximum absolute atomic E-state index is 8.51. The minimum Gasteiger partial charge on any atom is -0.394 e. The molecular formula is C17H36O5. The van der Waals surface area contributed by atoms with Gasteiger partial charge in [0.15, 0.2) is 0 Å². The zero-order valence-electron chi connectivity index (χ0n) is 14.6. The minimum absolute atomic E-state index is 0.0558. The zero-order chi connectivity index (χ0) is 16.3. The molecule has 5 nitrogen and oxygen atoms in total. The molecule has 1 atom stereocenters. The van der Waals surface area contributed by atoms with Crippen LogP contribution in [-0.2, 0) is 18.9 Å². The molecule has 0 saturated heterocycles. The Kier molecular flexibility index (Phi) is 18.7. The summed E-state index contributed by atoms with van der Waals surface area (Å²) < 4.78 is 21.5. The number of hydrogen-bond acceptors (Lipinski definition) is 5. The van der Waals surface area contributed by atoms with Crippen LogP contribution >= 0.6 is 0 Å². The van der Waals surface area contributed by atoms with Crippen LogP contribution in [0.2, 0.25) is 0 Å². The van der Waals surface area contributed by atoms with Gasteiger partial charge in [0, 0.05) is 0 Å². The van der Waals surface area contributed by atoms with Crippen LogP contribution in [0.1, 0.15) is 52.4 Å². The first kappa shape index (κ1) is 21.8. The van der Waals surface area contributed by atoms with E-state index < -0.39 is 0 Å².